The van der Waals surface area contributed by atoms with Gasteiger partial charge >= 0.3 is 0 Å². The number of benzene rings is 2. The predicted octanol–water partition coefficient (Wildman–Crippen LogP) is 4.30. The zero-order chi connectivity index (χ0) is 21.5. The lowest BCUT2D eigenvalue weighted by Crippen LogP contribution is -2.32. The number of carbonyl (C=O) groups is 1. The van der Waals surface area contributed by atoms with Crippen LogP contribution in [0.2, 0.25) is 5.02 Å². The van der Waals surface area contributed by atoms with Crippen LogP contribution in [-0.4, -0.2) is 35.9 Å². The van der Waals surface area contributed by atoms with Crippen LogP contribution in [0.4, 0.5) is 0 Å². The van der Waals surface area contributed by atoms with Gasteiger partial charge in [0.1, 0.15) is 12.4 Å². The summed E-state index contributed by atoms with van der Waals surface area (Å²) in [4.78, 5) is 11.9. The Hall–Kier alpha value is -3.12. The molecule has 0 spiro atoms. The molecule has 0 aliphatic rings. The predicted molar refractivity (Wildman–Crippen MR) is 117 cm³/mol. The molecule has 1 N–H and O–H groups in total. The Morgan fingerprint density at radius 2 is 1.67 bits per heavy atom. The lowest BCUT2D eigenvalue weighted by molar-refractivity contribution is -0.123. The second-order valence-electron chi connectivity index (χ2n) is 6.98. The van der Waals surface area contributed by atoms with Crippen molar-refractivity contribution in [1.29, 1.82) is 0 Å². The second-order valence-corrected chi connectivity index (χ2v) is 7.36. The van der Waals surface area contributed by atoms with E-state index in [0.717, 1.165) is 22.4 Å². The number of hydrogen-bond acceptors (Lipinski definition) is 5. The van der Waals surface area contributed by atoms with E-state index < -0.39 is 0 Å². The third-order valence-electron chi connectivity index (χ3n) is 4.44. The largest absolute Gasteiger partial charge is 0.484 e. The van der Waals surface area contributed by atoms with Crippen molar-refractivity contribution in [3.63, 3.8) is 0 Å². The fourth-order valence-corrected chi connectivity index (χ4v) is 2.92. The van der Waals surface area contributed by atoms with E-state index in [1.807, 2.05) is 63.2 Å². The van der Waals surface area contributed by atoms with Gasteiger partial charge in [0.05, 0.1) is 12.2 Å². The van der Waals surface area contributed by atoms with Gasteiger partial charge in [-0.1, -0.05) is 41.4 Å². The van der Waals surface area contributed by atoms with Crippen LogP contribution in [0.25, 0.3) is 11.3 Å². The van der Waals surface area contributed by atoms with Gasteiger partial charge in [-0.05, 0) is 50.1 Å². The molecule has 0 atom stereocenters. The summed E-state index contributed by atoms with van der Waals surface area (Å²) in [6.07, 6.45) is 0. The Kier molecular flexibility index (Phi) is 7.25. The molecule has 6 nitrogen and oxygen atoms in total. The maximum atomic E-state index is 11.9. The zero-order valence-electron chi connectivity index (χ0n) is 17.2. The summed E-state index contributed by atoms with van der Waals surface area (Å²) >= 11 is 6.13. The summed E-state index contributed by atoms with van der Waals surface area (Å²) in [5.41, 5.74) is 4.79. The van der Waals surface area contributed by atoms with E-state index in [0.29, 0.717) is 23.2 Å². The quantitative estimate of drug-likeness (QED) is 0.545. The molecule has 1 aromatic heterocycles. The minimum atomic E-state index is -0.232. The number of rotatable bonds is 8. The topological polar surface area (TPSA) is 73.3 Å². The Balaban J connectivity index is 1.39. The highest BCUT2D eigenvalue weighted by Gasteiger charge is 2.07. The van der Waals surface area contributed by atoms with Crippen LogP contribution in [0.15, 0.2) is 48.5 Å². The maximum absolute atomic E-state index is 11.9. The first-order valence-corrected chi connectivity index (χ1v) is 10.00. The van der Waals surface area contributed by atoms with Crippen LogP contribution in [0.3, 0.4) is 0 Å². The second kappa shape index (κ2) is 10.1. The van der Waals surface area contributed by atoms with Crippen molar-refractivity contribution < 1.29 is 14.3 Å². The van der Waals surface area contributed by atoms with E-state index in [4.69, 9.17) is 21.1 Å². The van der Waals surface area contributed by atoms with Crippen LogP contribution >= 0.6 is 11.6 Å². The maximum Gasteiger partial charge on any atom is 0.258 e. The summed E-state index contributed by atoms with van der Waals surface area (Å²) in [6.45, 7) is 6.37. The lowest BCUT2D eigenvalue weighted by Gasteiger charge is -2.10. The molecule has 3 rings (SSSR count). The molecule has 1 heterocycles. The van der Waals surface area contributed by atoms with Gasteiger partial charge in [0.25, 0.3) is 5.91 Å². The molecule has 0 unspecified atom stereocenters. The molecule has 0 bridgehead atoms. The van der Waals surface area contributed by atoms with Crippen LogP contribution in [0.1, 0.15) is 16.7 Å². The first-order valence-electron chi connectivity index (χ1n) is 9.62. The molecule has 0 saturated heterocycles. The number of halogens is 1. The van der Waals surface area contributed by atoms with E-state index in [-0.39, 0.29) is 19.1 Å². The SMILES string of the molecule is Cc1ccc(-c2ccc(OCCNC(=O)COc3cc(C)c(Cl)c(C)c3)nn2)cc1. The standard InChI is InChI=1S/C23H24ClN3O3/c1-15-4-6-18(7-5-15)20-8-9-22(27-26-20)29-11-10-25-21(28)14-30-19-12-16(2)23(24)17(3)13-19/h4-9,12-13H,10-11,14H2,1-3H3,(H,25,28). The van der Waals surface area contributed by atoms with Crippen LogP contribution < -0.4 is 14.8 Å². The molecule has 1 amide bonds. The molecule has 7 heteroatoms. The molecule has 0 aliphatic heterocycles. The summed E-state index contributed by atoms with van der Waals surface area (Å²) in [7, 11) is 0. The van der Waals surface area contributed by atoms with Crippen LogP contribution in [0.5, 0.6) is 11.6 Å². The van der Waals surface area contributed by atoms with E-state index in [2.05, 4.69) is 15.5 Å². The highest BCUT2D eigenvalue weighted by atomic mass is 35.5. The van der Waals surface area contributed by atoms with Crippen molar-refractivity contribution in [1.82, 2.24) is 15.5 Å². The fraction of sp³-hybridized carbons (Fsp3) is 0.261. The van der Waals surface area contributed by atoms with Gasteiger partial charge in [-0.25, -0.2) is 0 Å². The average Bonchev–Trinajstić information content (AvgIpc) is 2.74. The smallest absolute Gasteiger partial charge is 0.258 e. The van der Waals surface area contributed by atoms with E-state index in [1.54, 1.807) is 6.07 Å². The Morgan fingerprint density at radius 1 is 0.967 bits per heavy atom. The van der Waals surface area contributed by atoms with Crippen molar-refractivity contribution in [3.05, 3.63) is 70.2 Å². The van der Waals surface area contributed by atoms with Crippen molar-refractivity contribution in [2.45, 2.75) is 20.8 Å². The molecule has 3 aromatic rings. The van der Waals surface area contributed by atoms with Crippen molar-refractivity contribution in [2.24, 2.45) is 0 Å². The molecule has 156 valence electrons. The van der Waals surface area contributed by atoms with Gasteiger partial charge < -0.3 is 14.8 Å². The van der Waals surface area contributed by atoms with Gasteiger partial charge in [0.2, 0.25) is 5.88 Å². The number of amides is 1. The average molecular weight is 426 g/mol. The minimum Gasteiger partial charge on any atom is -0.484 e. The van der Waals surface area contributed by atoms with Gasteiger partial charge in [0, 0.05) is 16.7 Å². The number of nitrogens with one attached hydrogen (secondary N) is 1. The third-order valence-corrected chi connectivity index (χ3v) is 5.04. The van der Waals surface area contributed by atoms with E-state index in [9.17, 15) is 4.79 Å². The molecule has 0 aliphatic carbocycles. The molecular weight excluding hydrogens is 402 g/mol. The molecular formula is C23H24ClN3O3. The highest BCUT2D eigenvalue weighted by Crippen LogP contribution is 2.25. The number of aryl methyl sites for hydroxylation is 3. The van der Waals surface area contributed by atoms with Gasteiger partial charge in [0.15, 0.2) is 6.61 Å². The minimum absolute atomic E-state index is 0.0778. The lowest BCUT2D eigenvalue weighted by atomic mass is 10.1. The van der Waals surface area contributed by atoms with Gasteiger partial charge in [-0.15, -0.1) is 10.2 Å². The summed E-state index contributed by atoms with van der Waals surface area (Å²) in [5.74, 6) is 0.790. The first-order chi connectivity index (χ1) is 14.4. The highest BCUT2D eigenvalue weighted by molar-refractivity contribution is 6.32. The Morgan fingerprint density at radius 3 is 2.30 bits per heavy atom. The Bertz CT molecular complexity index is 982. The summed E-state index contributed by atoms with van der Waals surface area (Å²) in [5, 5.41) is 11.7. The van der Waals surface area contributed by atoms with Crippen molar-refractivity contribution in [2.75, 3.05) is 19.8 Å². The normalized spacial score (nSPS) is 10.5. The monoisotopic (exact) mass is 425 g/mol. The molecule has 0 saturated carbocycles. The van der Waals surface area contributed by atoms with Crippen LogP contribution in [0, 0.1) is 20.8 Å². The van der Waals surface area contributed by atoms with Gasteiger partial charge in [-0.3, -0.25) is 4.79 Å². The van der Waals surface area contributed by atoms with Crippen molar-refractivity contribution >= 4 is 17.5 Å². The number of hydrogen-bond donors (Lipinski definition) is 1. The van der Waals surface area contributed by atoms with E-state index >= 15 is 0 Å². The number of aromatic nitrogens is 2. The third kappa shape index (κ3) is 5.94. The fourth-order valence-electron chi connectivity index (χ4n) is 2.81. The van der Waals surface area contributed by atoms with Gasteiger partial charge in [-0.2, -0.15) is 0 Å². The number of ether oxygens (including phenoxy) is 2. The molecule has 0 fully saturated rings. The molecule has 2 aromatic carbocycles. The first kappa shape index (κ1) is 21.6. The number of nitrogens with zero attached hydrogens (tertiary/aromatic N) is 2. The summed E-state index contributed by atoms with van der Waals surface area (Å²) in [6, 6.07) is 15.3. The summed E-state index contributed by atoms with van der Waals surface area (Å²) < 4.78 is 11.1. The molecule has 0 radical (unpaired) electrons. The van der Waals surface area contributed by atoms with Crippen LogP contribution in [-0.2, 0) is 4.79 Å². The zero-order valence-corrected chi connectivity index (χ0v) is 18.0. The number of carbonyl (C=O) groups excluding carboxylic acids is 1. The van der Waals surface area contributed by atoms with E-state index in [1.165, 1.54) is 5.56 Å². The Labute approximate surface area is 181 Å². The van der Waals surface area contributed by atoms with Crippen molar-refractivity contribution in [3.8, 4) is 22.9 Å². The molecule has 30 heavy (non-hydrogen) atoms.